The molecule has 2 aromatic rings. The standard InChI is InChI=1S/C29H32F7N5O4/c30-22-17-20(6-9-23(22)38-26(44)37-10-2-12-40-11-1-3-24(40)42)25(43)41-15-13-39(14-16-41)18-19-4-7-21(8-5-19)27(45,28(31,32)33)29(34,35)36/h4-9,17,45H,1-3,10-16,18H2,(H2,37,38,44). The van der Waals surface area contributed by atoms with Crippen molar-refractivity contribution in [3.63, 3.8) is 0 Å². The SMILES string of the molecule is O=C(NCCCN1CCCC1=O)Nc1ccc(C(=O)N2CCN(Cc3ccc(C(O)(C(F)(F)F)C(F)(F)F)cc3)CC2)cc1F. The molecule has 16 heteroatoms. The minimum atomic E-state index is -5.97. The number of halogens is 7. The molecule has 0 spiro atoms. The van der Waals surface area contributed by atoms with E-state index in [1.165, 1.54) is 17.0 Å². The summed E-state index contributed by atoms with van der Waals surface area (Å²) in [4.78, 5) is 41.8. The van der Waals surface area contributed by atoms with Crippen LogP contribution in [0, 0.1) is 5.82 Å². The molecule has 4 amide bonds. The lowest BCUT2D eigenvalue weighted by Crippen LogP contribution is -2.53. The van der Waals surface area contributed by atoms with Crippen LogP contribution in [-0.4, -0.2) is 95.8 Å². The average molecular weight is 648 g/mol. The van der Waals surface area contributed by atoms with Crippen molar-refractivity contribution in [3.05, 3.63) is 65.0 Å². The zero-order valence-corrected chi connectivity index (χ0v) is 24.0. The number of carbonyl (C=O) groups is 3. The first-order valence-corrected chi connectivity index (χ1v) is 14.2. The van der Waals surface area contributed by atoms with Crippen LogP contribution < -0.4 is 10.6 Å². The van der Waals surface area contributed by atoms with Gasteiger partial charge in [0, 0.05) is 69.9 Å². The fourth-order valence-corrected chi connectivity index (χ4v) is 5.22. The van der Waals surface area contributed by atoms with Crippen LogP contribution in [0.5, 0.6) is 0 Å². The molecule has 2 saturated heterocycles. The summed E-state index contributed by atoms with van der Waals surface area (Å²) in [6, 6.07) is 6.34. The van der Waals surface area contributed by atoms with E-state index in [1.807, 2.05) is 4.90 Å². The molecule has 0 unspecified atom stereocenters. The fraction of sp³-hybridized carbons (Fsp3) is 0.483. The highest BCUT2D eigenvalue weighted by molar-refractivity contribution is 5.95. The van der Waals surface area contributed by atoms with Crippen molar-refractivity contribution in [1.82, 2.24) is 20.0 Å². The first-order chi connectivity index (χ1) is 21.1. The van der Waals surface area contributed by atoms with E-state index in [9.17, 15) is 50.2 Å². The van der Waals surface area contributed by atoms with E-state index in [0.717, 1.165) is 24.6 Å². The van der Waals surface area contributed by atoms with Crippen molar-refractivity contribution in [2.75, 3.05) is 51.1 Å². The third-order valence-corrected chi connectivity index (χ3v) is 7.78. The topological polar surface area (TPSA) is 105 Å². The van der Waals surface area contributed by atoms with E-state index in [2.05, 4.69) is 10.6 Å². The van der Waals surface area contributed by atoms with Gasteiger partial charge in [0.25, 0.3) is 11.5 Å². The summed E-state index contributed by atoms with van der Waals surface area (Å²) < 4.78 is 93.4. The molecule has 2 heterocycles. The van der Waals surface area contributed by atoms with E-state index >= 15 is 0 Å². The number of carbonyl (C=O) groups excluding carboxylic acids is 3. The van der Waals surface area contributed by atoms with Gasteiger partial charge in [0.2, 0.25) is 5.91 Å². The minimum Gasteiger partial charge on any atom is -0.369 e. The van der Waals surface area contributed by atoms with Gasteiger partial charge in [0.1, 0.15) is 5.82 Å². The summed E-state index contributed by atoms with van der Waals surface area (Å²) >= 11 is 0. The third kappa shape index (κ3) is 7.84. The van der Waals surface area contributed by atoms with Gasteiger partial charge in [-0.05, 0) is 36.6 Å². The van der Waals surface area contributed by atoms with Gasteiger partial charge in [0.05, 0.1) is 5.69 Å². The van der Waals surface area contributed by atoms with Crippen LogP contribution in [0.2, 0.25) is 0 Å². The Morgan fingerprint density at radius 2 is 1.53 bits per heavy atom. The van der Waals surface area contributed by atoms with Crippen molar-refractivity contribution in [2.45, 2.75) is 43.8 Å². The molecular formula is C29H32F7N5O4. The largest absolute Gasteiger partial charge is 0.430 e. The predicted molar refractivity (Wildman–Crippen MR) is 147 cm³/mol. The number of amides is 4. The number of likely N-dealkylation sites (tertiary alicyclic amines) is 1. The van der Waals surface area contributed by atoms with Crippen molar-refractivity contribution in [1.29, 1.82) is 0 Å². The maximum atomic E-state index is 14.7. The normalized spacial score (nSPS) is 16.7. The molecule has 4 rings (SSSR count). The van der Waals surface area contributed by atoms with Gasteiger partial charge in [-0.2, -0.15) is 26.3 Å². The zero-order valence-electron chi connectivity index (χ0n) is 24.0. The lowest BCUT2D eigenvalue weighted by Gasteiger charge is -2.35. The summed E-state index contributed by atoms with van der Waals surface area (Å²) in [5.41, 5.74) is -6.01. The Bertz CT molecular complexity index is 1360. The van der Waals surface area contributed by atoms with E-state index in [0.29, 0.717) is 56.7 Å². The Balaban J connectivity index is 1.24. The van der Waals surface area contributed by atoms with Crippen LogP contribution in [-0.2, 0) is 16.9 Å². The molecule has 0 aromatic heterocycles. The van der Waals surface area contributed by atoms with Crippen LogP contribution in [0.1, 0.15) is 40.7 Å². The van der Waals surface area contributed by atoms with Gasteiger partial charge >= 0.3 is 18.4 Å². The Kier molecular flexibility index (Phi) is 10.3. The smallest absolute Gasteiger partial charge is 0.369 e. The lowest BCUT2D eigenvalue weighted by molar-refractivity contribution is -0.376. The third-order valence-electron chi connectivity index (χ3n) is 7.78. The lowest BCUT2D eigenvalue weighted by atomic mass is 9.91. The van der Waals surface area contributed by atoms with Crippen molar-refractivity contribution in [3.8, 4) is 0 Å². The van der Waals surface area contributed by atoms with E-state index in [4.69, 9.17) is 0 Å². The highest BCUT2D eigenvalue weighted by Gasteiger charge is 2.71. The Hall–Kier alpha value is -3.92. The minimum absolute atomic E-state index is 0.0552. The number of hydrogen-bond acceptors (Lipinski definition) is 5. The zero-order chi connectivity index (χ0) is 33.0. The van der Waals surface area contributed by atoms with Crippen molar-refractivity contribution >= 4 is 23.5 Å². The second kappa shape index (κ2) is 13.6. The Labute approximate surface area is 253 Å². The summed E-state index contributed by atoms with van der Waals surface area (Å²) in [5.74, 6) is -1.18. The summed E-state index contributed by atoms with van der Waals surface area (Å²) in [6.07, 6.45) is -10.0. The van der Waals surface area contributed by atoms with Crippen molar-refractivity contribution < 1.29 is 50.2 Å². The van der Waals surface area contributed by atoms with Gasteiger partial charge in [-0.25, -0.2) is 9.18 Å². The molecule has 0 aliphatic carbocycles. The molecule has 2 aromatic carbocycles. The summed E-state index contributed by atoms with van der Waals surface area (Å²) in [7, 11) is 0. The number of nitrogens with zero attached hydrogens (tertiary/aromatic N) is 3. The molecule has 0 saturated carbocycles. The molecule has 2 aliphatic rings. The number of hydrogen-bond donors (Lipinski definition) is 3. The molecule has 246 valence electrons. The molecule has 2 fully saturated rings. The maximum Gasteiger partial charge on any atom is 0.430 e. The van der Waals surface area contributed by atoms with Gasteiger partial charge < -0.3 is 25.5 Å². The molecule has 45 heavy (non-hydrogen) atoms. The van der Waals surface area contributed by atoms with Crippen LogP contribution in [0.3, 0.4) is 0 Å². The molecule has 3 N–H and O–H groups in total. The maximum absolute atomic E-state index is 14.7. The number of anilines is 1. The monoisotopic (exact) mass is 647 g/mol. The van der Waals surface area contributed by atoms with Crippen LogP contribution in [0.25, 0.3) is 0 Å². The number of nitrogens with one attached hydrogen (secondary N) is 2. The number of benzene rings is 2. The second-order valence-electron chi connectivity index (χ2n) is 10.9. The first kappa shape index (κ1) is 34.0. The molecule has 9 nitrogen and oxygen atoms in total. The van der Waals surface area contributed by atoms with Crippen LogP contribution >= 0.6 is 0 Å². The quantitative estimate of drug-likeness (QED) is 0.279. The van der Waals surface area contributed by atoms with E-state index in [-0.39, 0.29) is 43.3 Å². The van der Waals surface area contributed by atoms with E-state index in [1.54, 1.807) is 4.90 Å². The number of alkyl halides is 6. The fourth-order valence-electron chi connectivity index (χ4n) is 5.22. The summed E-state index contributed by atoms with van der Waals surface area (Å²) in [6.45, 7) is 2.79. The molecule has 2 aliphatic heterocycles. The van der Waals surface area contributed by atoms with E-state index < -0.39 is 41.3 Å². The molecule has 0 radical (unpaired) electrons. The van der Waals surface area contributed by atoms with Crippen molar-refractivity contribution in [2.24, 2.45) is 0 Å². The second-order valence-corrected chi connectivity index (χ2v) is 10.9. The van der Waals surface area contributed by atoms with Crippen LogP contribution in [0.4, 0.5) is 41.2 Å². The predicted octanol–water partition coefficient (Wildman–Crippen LogP) is 4.23. The number of rotatable bonds is 9. The average Bonchev–Trinajstić information content (AvgIpc) is 3.39. The van der Waals surface area contributed by atoms with Gasteiger partial charge in [0.15, 0.2) is 0 Å². The Morgan fingerprint density at radius 1 is 0.889 bits per heavy atom. The van der Waals surface area contributed by atoms with Gasteiger partial charge in [-0.15, -0.1) is 0 Å². The first-order valence-electron chi connectivity index (χ1n) is 14.2. The highest BCUT2D eigenvalue weighted by Crippen LogP contribution is 2.50. The summed E-state index contributed by atoms with van der Waals surface area (Å²) in [5, 5.41) is 14.5. The molecule has 0 bridgehead atoms. The Morgan fingerprint density at radius 3 is 2.09 bits per heavy atom. The number of urea groups is 1. The number of aliphatic hydroxyl groups is 1. The van der Waals surface area contributed by atoms with Crippen LogP contribution in [0.15, 0.2) is 42.5 Å². The molecule has 0 atom stereocenters. The van der Waals surface area contributed by atoms with Gasteiger partial charge in [-0.1, -0.05) is 24.3 Å². The number of piperazine rings is 1. The molecular weight excluding hydrogens is 615 g/mol. The van der Waals surface area contributed by atoms with Gasteiger partial charge in [-0.3, -0.25) is 14.5 Å². The highest BCUT2D eigenvalue weighted by atomic mass is 19.4.